The Kier molecular flexibility index (Phi) is 9.74. The zero-order valence-electron chi connectivity index (χ0n) is 28.2. The summed E-state index contributed by atoms with van der Waals surface area (Å²) in [5.74, 6) is -2.01. The number of hydrogen-bond donors (Lipinski definition) is 8. The van der Waals surface area contributed by atoms with Gasteiger partial charge in [-0.25, -0.2) is 4.79 Å². The van der Waals surface area contributed by atoms with Crippen molar-refractivity contribution in [1.82, 2.24) is 10.6 Å². The first-order valence-electron chi connectivity index (χ1n) is 15.8. The highest BCUT2D eigenvalue weighted by atomic mass is 32.2. The maximum atomic E-state index is 12.9. The molecule has 0 unspecified atom stereocenters. The molecule has 17 heteroatoms. The van der Waals surface area contributed by atoms with Gasteiger partial charge in [0, 0.05) is 56.8 Å². The van der Waals surface area contributed by atoms with Gasteiger partial charge in [-0.05, 0) is 109 Å². The number of hydrogen-bond acceptors (Lipinski definition) is 11. The van der Waals surface area contributed by atoms with Gasteiger partial charge in [-0.2, -0.15) is 16.8 Å². The summed E-state index contributed by atoms with van der Waals surface area (Å²) in [5.41, 5.74) is 3.18. The second-order valence-corrected chi connectivity index (χ2v) is 15.1. The van der Waals surface area contributed by atoms with Crippen LogP contribution < -0.4 is 21.3 Å². The first kappa shape index (κ1) is 37.2. The van der Waals surface area contributed by atoms with Gasteiger partial charge in [-0.15, -0.1) is 0 Å². The Labute approximate surface area is 307 Å². The molecule has 4 amide bonds. The van der Waals surface area contributed by atoms with Crippen LogP contribution in [0.4, 0.5) is 27.5 Å². The maximum absolute atomic E-state index is 12.9. The average molecular weight is 771 g/mol. The molecule has 0 heterocycles. The molecule has 8 N–H and O–H groups in total. The van der Waals surface area contributed by atoms with Crippen molar-refractivity contribution < 1.29 is 50.5 Å². The van der Waals surface area contributed by atoms with Gasteiger partial charge in [-0.3, -0.25) is 29.3 Å². The summed E-state index contributed by atoms with van der Waals surface area (Å²) >= 11 is 0. The van der Waals surface area contributed by atoms with Gasteiger partial charge in [0.1, 0.15) is 11.5 Å². The van der Waals surface area contributed by atoms with E-state index in [9.17, 15) is 50.5 Å². The zero-order valence-corrected chi connectivity index (χ0v) is 29.8. The van der Waals surface area contributed by atoms with Crippen molar-refractivity contribution in [3.05, 3.63) is 119 Å². The highest BCUT2D eigenvalue weighted by Gasteiger charge is 2.19. The summed E-state index contributed by atoms with van der Waals surface area (Å²) in [6, 6.07) is 21.8. The molecular formula is C37H30N4O11S2. The number of amides is 4. The number of urea groups is 1. The molecule has 54 heavy (non-hydrogen) atoms. The fraction of sp³-hybridized carbons (Fsp3) is 0.0541. The first-order chi connectivity index (χ1) is 25.3. The van der Waals surface area contributed by atoms with Gasteiger partial charge in [0.05, 0.1) is 9.79 Å². The van der Waals surface area contributed by atoms with Crippen LogP contribution in [0.2, 0.25) is 0 Å². The standard InChI is InChI=1S/C37H30N4O11S2/c1-19-11-23(38-25-13-21-3-7-27(53(47,48)49)17-31(21)33(42)15-25)5-9-29(19)35(44)40-37(46)41-36(45)30-10-6-24(12-20(30)2)39-26-14-22-4-8-28(54(50,51)52)18-32(22)34(43)16-26/h3-18,38-39,42-43H,1-2H3,(H,47,48,49)(H,50,51,52)(H2,40,41,44,45,46). The second kappa shape index (κ2) is 14.1. The van der Waals surface area contributed by atoms with Crippen molar-refractivity contribution in [1.29, 1.82) is 0 Å². The lowest BCUT2D eigenvalue weighted by Crippen LogP contribution is -2.42. The van der Waals surface area contributed by atoms with Crippen molar-refractivity contribution in [2.45, 2.75) is 23.6 Å². The minimum atomic E-state index is -4.46. The highest BCUT2D eigenvalue weighted by molar-refractivity contribution is 7.86. The molecule has 0 spiro atoms. The molecule has 0 saturated carbocycles. The first-order valence-corrected chi connectivity index (χ1v) is 18.6. The molecule has 0 atom stereocenters. The van der Waals surface area contributed by atoms with E-state index < -0.39 is 38.1 Å². The van der Waals surface area contributed by atoms with Gasteiger partial charge in [0.25, 0.3) is 32.1 Å². The predicted octanol–water partition coefficient (Wildman–Crippen LogP) is 6.28. The molecule has 15 nitrogen and oxygen atoms in total. The van der Waals surface area contributed by atoms with Crippen LogP contribution >= 0.6 is 0 Å². The van der Waals surface area contributed by atoms with Crippen LogP contribution in [0.15, 0.2) is 107 Å². The van der Waals surface area contributed by atoms with Crippen molar-refractivity contribution >= 4 is 82.4 Å². The van der Waals surface area contributed by atoms with Crippen molar-refractivity contribution in [3.63, 3.8) is 0 Å². The summed E-state index contributed by atoms with van der Waals surface area (Å²) in [6.07, 6.45) is 0. The van der Waals surface area contributed by atoms with Crippen LogP contribution in [0.1, 0.15) is 31.8 Å². The number of nitrogens with one attached hydrogen (secondary N) is 4. The Morgan fingerprint density at radius 1 is 0.500 bits per heavy atom. The third-order valence-electron chi connectivity index (χ3n) is 8.38. The summed E-state index contributed by atoms with van der Waals surface area (Å²) in [7, 11) is -8.92. The van der Waals surface area contributed by atoms with E-state index in [0.29, 0.717) is 44.6 Å². The molecule has 0 aliphatic rings. The molecule has 0 aliphatic heterocycles. The normalized spacial score (nSPS) is 11.6. The number of benzene rings is 6. The van der Waals surface area contributed by atoms with Gasteiger partial charge in [-0.1, -0.05) is 12.1 Å². The summed E-state index contributed by atoms with van der Waals surface area (Å²) in [5, 5.41) is 32.8. The largest absolute Gasteiger partial charge is 0.507 e. The van der Waals surface area contributed by atoms with E-state index in [4.69, 9.17) is 0 Å². The molecule has 0 radical (unpaired) electrons. The molecule has 6 aromatic rings. The quantitative estimate of drug-likeness (QED) is 0.0795. The summed E-state index contributed by atoms with van der Waals surface area (Å²) in [6.45, 7) is 3.27. The Morgan fingerprint density at radius 3 is 1.24 bits per heavy atom. The van der Waals surface area contributed by atoms with E-state index >= 15 is 0 Å². The Bertz CT molecular complexity index is 2600. The summed E-state index contributed by atoms with van der Waals surface area (Å²) < 4.78 is 64.5. The molecule has 0 fully saturated rings. The Morgan fingerprint density at radius 2 is 0.889 bits per heavy atom. The van der Waals surface area contributed by atoms with Gasteiger partial charge in [0.2, 0.25) is 0 Å². The third-order valence-corrected chi connectivity index (χ3v) is 10.1. The fourth-order valence-electron chi connectivity index (χ4n) is 5.80. The van der Waals surface area contributed by atoms with E-state index in [1.54, 1.807) is 50.2 Å². The van der Waals surface area contributed by atoms with E-state index in [1.807, 2.05) is 0 Å². The van der Waals surface area contributed by atoms with Crippen LogP contribution in [0.5, 0.6) is 11.5 Å². The molecule has 0 bridgehead atoms. The van der Waals surface area contributed by atoms with Crippen molar-refractivity contribution in [3.8, 4) is 11.5 Å². The molecule has 0 aliphatic carbocycles. The van der Waals surface area contributed by atoms with Gasteiger partial charge >= 0.3 is 6.03 Å². The number of fused-ring (bicyclic) bond motifs is 2. The lowest BCUT2D eigenvalue weighted by molar-refractivity contribution is 0.0944. The van der Waals surface area contributed by atoms with Crippen LogP contribution in [0.25, 0.3) is 21.5 Å². The van der Waals surface area contributed by atoms with Crippen LogP contribution in [-0.2, 0) is 20.2 Å². The number of aryl methyl sites for hydroxylation is 2. The molecular weight excluding hydrogens is 741 g/mol. The number of aromatic hydroxyl groups is 2. The predicted molar refractivity (Wildman–Crippen MR) is 200 cm³/mol. The Hall–Kier alpha value is -6.53. The number of phenols is 2. The molecule has 6 aromatic carbocycles. The fourth-order valence-corrected chi connectivity index (χ4v) is 6.81. The van der Waals surface area contributed by atoms with E-state index in [0.717, 1.165) is 12.1 Å². The number of carbonyl (C=O) groups excluding carboxylic acids is 3. The highest BCUT2D eigenvalue weighted by Crippen LogP contribution is 2.34. The lowest BCUT2D eigenvalue weighted by atomic mass is 10.1. The maximum Gasteiger partial charge on any atom is 0.328 e. The number of rotatable bonds is 8. The number of carbonyl (C=O) groups is 3. The average Bonchev–Trinajstić information content (AvgIpc) is 3.07. The third kappa shape index (κ3) is 8.08. The SMILES string of the molecule is Cc1cc(Nc2cc(O)c3cc(S(=O)(=O)O)ccc3c2)ccc1C(=O)NC(=O)NC(=O)c1ccc(Nc2cc(O)c3cc(S(=O)(=O)O)ccc3c2)cc1C. The number of anilines is 4. The van der Waals surface area contributed by atoms with E-state index in [1.165, 1.54) is 48.5 Å². The lowest BCUT2D eigenvalue weighted by Gasteiger charge is -2.13. The Balaban J connectivity index is 1.08. The van der Waals surface area contributed by atoms with Gasteiger partial charge < -0.3 is 20.8 Å². The van der Waals surface area contributed by atoms with Crippen LogP contribution in [-0.4, -0.2) is 54.0 Å². The van der Waals surface area contributed by atoms with Crippen LogP contribution in [0, 0.1) is 13.8 Å². The number of phenolic OH excluding ortho intramolecular Hbond substituents is 2. The second-order valence-electron chi connectivity index (χ2n) is 12.3. The monoisotopic (exact) mass is 770 g/mol. The van der Waals surface area contributed by atoms with Crippen molar-refractivity contribution in [2.75, 3.05) is 10.6 Å². The molecule has 276 valence electrons. The molecule has 0 saturated heterocycles. The topological polar surface area (TPSA) is 249 Å². The van der Waals surface area contributed by atoms with Gasteiger partial charge in [0.15, 0.2) is 0 Å². The summed E-state index contributed by atoms with van der Waals surface area (Å²) in [4.78, 5) is 37.8. The minimum absolute atomic E-state index is 0.146. The van der Waals surface area contributed by atoms with Crippen molar-refractivity contribution in [2.24, 2.45) is 0 Å². The minimum Gasteiger partial charge on any atom is -0.507 e. The van der Waals surface area contributed by atoms with Crippen LogP contribution in [0.3, 0.4) is 0 Å². The zero-order chi connectivity index (χ0) is 39.1. The smallest absolute Gasteiger partial charge is 0.328 e. The molecule has 0 aromatic heterocycles. The van der Waals surface area contributed by atoms with E-state index in [-0.39, 0.29) is 43.2 Å². The number of imide groups is 2. The van der Waals surface area contributed by atoms with E-state index in [2.05, 4.69) is 21.3 Å². The molecule has 6 rings (SSSR count).